The topological polar surface area (TPSA) is 52.6 Å². The third-order valence-electron chi connectivity index (χ3n) is 1.42. The summed E-state index contributed by atoms with van der Waals surface area (Å²) in [5.74, 6) is -4.35. The van der Waals surface area contributed by atoms with Crippen molar-refractivity contribution >= 4 is 11.9 Å². The van der Waals surface area contributed by atoms with E-state index in [-0.39, 0.29) is 5.57 Å². The summed E-state index contributed by atoms with van der Waals surface area (Å²) in [5, 5.41) is 0. The van der Waals surface area contributed by atoms with Crippen LogP contribution in [0.15, 0.2) is 11.6 Å². The molecule has 14 heavy (non-hydrogen) atoms. The summed E-state index contributed by atoms with van der Waals surface area (Å²) < 4.78 is 39.4. The Kier molecular flexibility index (Phi) is 3.11. The van der Waals surface area contributed by atoms with Gasteiger partial charge in [-0.25, -0.2) is 4.79 Å². The molecule has 1 atom stereocenters. The molecule has 0 aliphatic carbocycles. The molecule has 0 saturated carbocycles. The molecule has 0 rings (SSSR count). The number of carbonyl (C=O) groups excluding carboxylic acids is 2. The van der Waals surface area contributed by atoms with Gasteiger partial charge in [-0.2, -0.15) is 0 Å². The first-order chi connectivity index (χ1) is 8.03. The van der Waals surface area contributed by atoms with Crippen molar-refractivity contribution in [3.63, 3.8) is 0 Å². The van der Waals surface area contributed by atoms with Crippen LogP contribution in [0.1, 0.15) is 25.7 Å². The fraction of sp³-hybridized carbons (Fsp3) is 0.600. The maximum Gasteiger partial charge on any atom is 0.333 e. The van der Waals surface area contributed by atoms with Crippen LogP contribution in [0.5, 0.6) is 0 Å². The lowest BCUT2D eigenvalue weighted by atomic mass is 10.1. The number of hydrogen-bond acceptors (Lipinski definition) is 4. The summed E-state index contributed by atoms with van der Waals surface area (Å²) in [4.78, 5) is 22.6. The highest BCUT2D eigenvalue weighted by molar-refractivity contribution is 5.87. The Hall–Kier alpha value is -1.32. The van der Waals surface area contributed by atoms with Gasteiger partial charge in [-0.3, -0.25) is 4.79 Å². The van der Waals surface area contributed by atoms with E-state index in [1.807, 2.05) is 0 Å². The minimum absolute atomic E-state index is 0.301. The molecule has 0 fully saturated rings. The maximum absolute atomic E-state index is 11.4. The molecule has 0 heterocycles. The predicted molar refractivity (Wildman–Crippen MR) is 51.6 cm³/mol. The Morgan fingerprint density at radius 2 is 2.14 bits per heavy atom. The standard InChI is InChI=1S/C10H16O4/c1-7(9(11)13-3)5-6-8(2)10(12)14-4/h5,8H,6H2,1-4H3/b7-5+/i5D,6D2,8D. The zero-order valence-corrected chi connectivity index (χ0v) is 8.63. The first-order valence-corrected chi connectivity index (χ1v) is 3.88. The van der Waals surface area contributed by atoms with Crippen molar-refractivity contribution in [2.75, 3.05) is 14.2 Å². The first-order valence-electron chi connectivity index (χ1n) is 5.88. The summed E-state index contributed by atoms with van der Waals surface area (Å²) in [6.45, 7) is 2.18. The van der Waals surface area contributed by atoms with E-state index in [1.165, 1.54) is 6.92 Å². The number of hydrogen-bond donors (Lipinski definition) is 0. The van der Waals surface area contributed by atoms with Crippen molar-refractivity contribution in [3.8, 4) is 0 Å². The highest BCUT2D eigenvalue weighted by atomic mass is 16.5. The number of carbonyl (C=O) groups is 2. The van der Waals surface area contributed by atoms with Crippen LogP contribution in [0, 0.1) is 5.89 Å². The smallest absolute Gasteiger partial charge is 0.333 e. The third-order valence-corrected chi connectivity index (χ3v) is 1.42. The van der Waals surface area contributed by atoms with Gasteiger partial charge < -0.3 is 9.47 Å². The molecule has 0 aromatic carbocycles. The van der Waals surface area contributed by atoms with Crippen LogP contribution in [0.4, 0.5) is 0 Å². The minimum Gasteiger partial charge on any atom is -0.469 e. The highest BCUT2D eigenvalue weighted by Gasteiger charge is 2.12. The molecule has 0 aromatic heterocycles. The molecule has 0 aromatic rings. The van der Waals surface area contributed by atoms with Gasteiger partial charge in [-0.15, -0.1) is 0 Å². The molecule has 0 amide bonds. The maximum atomic E-state index is 11.4. The Balaban J connectivity index is 5.65. The number of methoxy groups -OCH3 is 2. The second-order valence-corrected chi connectivity index (χ2v) is 2.48. The van der Waals surface area contributed by atoms with Gasteiger partial charge >= 0.3 is 11.9 Å². The SMILES string of the molecule is [2H]/C(=C(/C)C(=O)OC)C([2H])([2H])C([2H])(C)C(=O)OC. The van der Waals surface area contributed by atoms with E-state index in [0.717, 1.165) is 21.1 Å². The van der Waals surface area contributed by atoms with E-state index >= 15 is 0 Å². The number of allylic oxidation sites excluding steroid dienone is 1. The van der Waals surface area contributed by atoms with E-state index in [4.69, 9.17) is 5.48 Å². The van der Waals surface area contributed by atoms with E-state index in [2.05, 4.69) is 9.47 Å². The second-order valence-electron chi connectivity index (χ2n) is 2.48. The van der Waals surface area contributed by atoms with Crippen molar-refractivity contribution in [2.45, 2.75) is 20.2 Å². The Bertz CT molecular complexity index is 387. The van der Waals surface area contributed by atoms with Crippen LogP contribution in [-0.2, 0) is 19.1 Å². The average Bonchev–Trinajstić information content (AvgIpc) is 2.34. The summed E-state index contributed by atoms with van der Waals surface area (Å²) >= 11 is 0. The van der Waals surface area contributed by atoms with Crippen molar-refractivity contribution in [3.05, 3.63) is 11.6 Å². The normalized spacial score (nSPS) is 21.4. The summed E-state index contributed by atoms with van der Waals surface area (Å²) in [5.41, 5.74) is -0.301. The third kappa shape index (κ3) is 4.07. The van der Waals surface area contributed by atoms with Crippen molar-refractivity contribution < 1.29 is 24.5 Å². The second kappa shape index (κ2) is 6.18. The number of esters is 2. The van der Waals surface area contributed by atoms with Crippen LogP contribution in [0.3, 0.4) is 0 Å². The zero-order chi connectivity index (χ0) is 14.7. The molecule has 0 N–H and O–H groups in total. The molecular weight excluding hydrogens is 184 g/mol. The molecule has 0 aliphatic rings. The van der Waals surface area contributed by atoms with Crippen LogP contribution >= 0.6 is 0 Å². The molecule has 0 radical (unpaired) electrons. The molecule has 0 saturated heterocycles. The molecule has 0 bridgehead atoms. The molecule has 4 nitrogen and oxygen atoms in total. The van der Waals surface area contributed by atoms with Crippen molar-refractivity contribution in [2.24, 2.45) is 5.89 Å². The van der Waals surface area contributed by atoms with Crippen molar-refractivity contribution in [1.29, 1.82) is 0 Å². The highest BCUT2D eigenvalue weighted by Crippen LogP contribution is 2.08. The van der Waals surface area contributed by atoms with E-state index < -0.39 is 30.3 Å². The molecular formula is C10H16O4. The van der Waals surface area contributed by atoms with E-state index in [0.29, 0.717) is 0 Å². The van der Waals surface area contributed by atoms with Crippen LogP contribution < -0.4 is 0 Å². The Labute approximate surface area is 89.5 Å². The molecule has 0 aliphatic heterocycles. The minimum atomic E-state index is -2.68. The fourth-order valence-corrected chi connectivity index (χ4v) is 0.596. The van der Waals surface area contributed by atoms with Gasteiger partial charge in [0.2, 0.25) is 0 Å². The fourth-order valence-electron chi connectivity index (χ4n) is 0.596. The van der Waals surface area contributed by atoms with E-state index in [9.17, 15) is 9.59 Å². The van der Waals surface area contributed by atoms with Gasteiger partial charge in [0.05, 0.1) is 21.5 Å². The van der Waals surface area contributed by atoms with Gasteiger partial charge in [0, 0.05) is 9.69 Å². The summed E-state index contributed by atoms with van der Waals surface area (Å²) in [6.07, 6.45) is -2.68. The molecule has 4 heteroatoms. The van der Waals surface area contributed by atoms with Gasteiger partial charge in [-0.05, 0) is 13.3 Å². The van der Waals surface area contributed by atoms with Gasteiger partial charge in [0.1, 0.15) is 0 Å². The lowest BCUT2D eigenvalue weighted by Crippen LogP contribution is -2.12. The zero-order valence-electron chi connectivity index (χ0n) is 12.6. The lowest BCUT2D eigenvalue weighted by molar-refractivity contribution is -0.144. The molecule has 80 valence electrons. The first kappa shape index (κ1) is 7.04. The number of ether oxygens (including phenoxy) is 2. The van der Waals surface area contributed by atoms with Crippen LogP contribution in [0.2, 0.25) is 0 Å². The Morgan fingerprint density at radius 3 is 2.57 bits per heavy atom. The largest absolute Gasteiger partial charge is 0.469 e. The van der Waals surface area contributed by atoms with Crippen molar-refractivity contribution in [1.82, 2.24) is 0 Å². The summed E-state index contributed by atoms with van der Waals surface area (Å²) in [6, 6.07) is -0.780. The average molecular weight is 204 g/mol. The van der Waals surface area contributed by atoms with Crippen LogP contribution in [-0.4, -0.2) is 26.2 Å². The van der Waals surface area contributed by atoms with Gasteiger partial charge in [0.25, 0.3) is 0 Å². The molecule has 0 spiro atoms. The Morgan fingerprint density at radius 1 is 1.57 bits per heavy atom. The summed E-state index contributed by atoms with van der Waals surface area (Å²) in [7, 11) is 2.11. The van der Waals surface area contributed by atoms with Gasteiger partial charge in [-0.1, -0.05) is 13.0 Å². The predicted octanol–water partition coefficient (Wildman–Crippen LogP) is 1.30. The van der Waals surface area contributed by atoms with E-state index in [1.54, 1.807) is 0 Å². The lowest BCUT2D eigenvalue weighted by Gasteiger charge is -2.06. The quantitative estimate of drug-likeness (QED) is 0.511. The number of rotatable bonds is 4. The monoisotopic (exact) mass is 204 g/mol. The van der Waals surface area contributed by atoms with Crippen LogP contribution in [0.25, 0.3) is 0 Å². The molecule has 1 unspecified atom stereocenters. The van der Waals surface area contributed by atoms with Gasteiger partial charge in [0.15, 0.2) is 0 Å².